The van der Waals surface area contributed by atoms with E-state index in [1.54, 1.807) is 23.9 Å². The number of halogens is 1. The van der Waals surface area contributed by atoms with Crippen molar-refractivity contribution in [2.45, 2.75) is 6.42 Å². The molecule has 1 aromatic heterocycles. The summed E-state index contributed by atoms with van der Waals surface area (Å²) in [7, 11) is 3.62. The van der Waals surface area contributed by atoms with Crippen LogP contribution in [0, 0.1) is 5.82 Å². The minimum absolute atomic E-state index is 0.228. The van der Waals surface area contributed by atoms with E-state index in [9.17, 15) is 4.39 Å². The number of hydrogen-bond acceptors (Lipinski definition) is 3. The molecule has 0 fully saturated rings. The smallest absolute Gasteiger partial charge is 0.220 e. The molecule has 5 heteroatoms. The van der Waals surface area contributed by atoms with Crippen molar-refractivity contribution in [1.82, 2.24) is 14.8 Å². The molecule has 2 rings (SSSR count). The number of nitrogens with zero attached hydrogens (tertiary/aromatic N) is 3. The fourth-order valence-corrected chi connectivity index (χ4v) is 1.51. The molecule has 0 spiro atoms. The largest absolute Gasteiger partial charge is 0.358 e. The number of rotatable bonds is 3. The number of hydrogen-bond donors (Lipinski definition) is 1. The normalized spacial score (nSPS) is 10.4. The van der Waals surface area contributed by atoms with E-state index in [4.69, 9.17) is 0 Å². The second-order valence-electron chi connectivity index (χ2n) is 3.53. The van der Waals surface area contributed by atoms with E-state index >= 15 is 0 Å². The summed E-state index contributed by atoms with van der Waals surface area (Å²) < 4.78 is 14.4. The van der Waals surface area contributed by atoms with E-state index in [1.807, 2.05) is 7.05 Å². The molecule has 16 heavy (non-hydrogen) atoms. The average Bonchev–Trinajstić information content (AvgIpc) is 2.62. The van der Waals surface area contributed by atoms with Crippen molar-refractivity contribution >= 4 is 5.95 Å². The second kappa shape index (κ2) is 4.30. The Balaban J connectivity index is 2.17. The molecular weight excluding hydrogens is 207 g/mol. The Labute approximate surface area is 93.1 Å². The molecule has 4 nitrogen and oxygen atoms in total. The van der Waals surface area contributed by atoms with Gasteiger partial charge in [-0.2, -0.15) is 10.1 Å². The molecule has 0 bridgehead atoms. The molecule has 1 aromatic carbocycles. The number of nitrogens with one attached hydrogen (secondary N) is 1. The van der Waals surface area contributed by atoms with Crippen LogP contribution in [0.5, 0.6) is 0 Å². The third-order valence-corrected chi connectivity index (χ3v) is 2.31. The van der Waals surface area contributed by atoms with Gasteiger partial charge in [0.2, 0.25) is 5.95 Å². The molecule has 1 N–H and O–H groups in total. The van der Waals surface area contributed by atoms with Crippen LogP contribution in [0.1, 0.15) is 11.4 Å². The second-order valence-corrected chi connectivity index (χ2v) is 3.53. The first-order valence-corrected chi connectivity index (χ1v) is 5.01. The van der Waals surface area contributed by atoms with E-state index in [-0.39, 0.29) is 5.82 Å². The zero-order valence-corrected chi connectivity index (χ0v) is 9.24. The van der Waals surface area contributed by atoms with Crippen LogP contribution in [0.15, 0.2) is 24.3 Å². The van der Waals surface area contributed by atoms with Gasteiger partial charge in [-0.15, -0.1) is 0 Å². The van der Waals surface area contributed by atoms with Gasteiger partial charge in [-0.3, -0.25) is 0 Å². The van der Waals surface area contributed by atoms with Crippen molar-refractivity contribution in [3.8, 4) is 0 Å². The van der Waals surface area contributed by atoms with Crippen LogP contribution in [0.3, 0.4) is 0 Å². The van der Waals surface area contributed by atoms with Gasteiger partial charge in [0.1, 0.15) is 5.82 Å². The van der Waals surface area contributed by atoms with Gasteiger partial charge in [0.05, 0.1) is 0 Å². The number of benzene rings is 1. The molecule has 0 radical (unpaired) electrons. The van der Waals surface area contributed by atoms with E-state index < -0.39 is 0 Å². The van der Waals surface area contributed by atoms with Crippen molar-refractivity contribution in [3.05, 3.63) is 41.5 Å². The van der Waals surface area contributed by atoms with Gasteiger partial charge in [0, 0.05) is 20.5 Å². The summed E-state index contributed by atoms with van der Waals surface area (Å²) in [5.74, 6) is 1.21. The van der Waals surface area contributed by atoms with Gasteiger partial charge in [0.15, 0.2) is 5.82 Å². The zero-order chi connectivity index (χ0) is 11.5. The maximum atomic E-state index is 12.7. The third kappa shape index (κ3) is 2.18. The molecule has 0 aliphatic rings. The molecule has 0 saturated heterocycles. The van der Waals surface area contributed by atoms with E-state index in [1.165, 1.54) is 12.1 Å². The van der Waals surface area contributed by atoms with E-state index in [0.717, 1.165) is 17.3 Å². The summed E-state index contributed by atoms with van der Waals surface area (Å²) in [4.78, 5) is 4.29. The van der Waals surface area contributed by atoms with Crippen LogP contribution in [0.4, 0.5) is 10.3 Å². The van der Waals surface area contributed by atoms with Crippen LogP contribution in [-0.4, -0.2) is 21.8 Å². The van der Waals surface area contributed by atoms with Gasteiger partial charge in [0.25, 0.3) is 0 Å². The quantitative estimate of drug-likeness (QED) is 0.854. The predicted octanol–water partition coefficient (Wildman–Crippen LogP) is 1.59. The zero-order valence-electron chi connectivity index (χ0n) is 9.24. The maximum Gasteiger partial charge on any atom is 0.220 e. The molecule has 84 valence electrons. The average molecular weight is 220 g/mol. The van der Waals surface area contributed by atoms with Gasteiger partial charge in [-0.1, -0.05) is 12.1 Å². The van der Waals surface area contributed by atoms with Crippen molar-refractivity contribution in [2.75, 3.05) is 12.4 Å². The van der Waals surface area contributed by atoms with E-state index in [2.05, 4.69) is 15.4 Å². The monoisotopic (exact) mass is 220 g/mol. The van der Waals surface area contributed by atoms with Gasteiger partial charge >= 0.3 is 0 Å². The number of aryl methyl sites for hydroxylation is 1. The Morgan fingerprint density at radius 3 is 2.56 bits per heavy atom. The van der Waals surface area contributed by atoms with Crippen LogP contribution >= 0.6 is 0 Å². The highest BCUT2D eigenvalue weighted by Crippen LogP contribution is 2.09. The molecule has 0 amide bonds. The molecule has 2 aromatic rings. The van der Waals surface area contributed by atoms with Gasteiger partial charge < -0.3 is 5.32 Å². The number of anilines is 1. The van der Waals surface area contributed by atoms with Crippen molar-refractivity contribution < 1.29 is 4.39 Å². The Kier molecular flexibility index (Phi) is 2.85. The van der Waals surface area contributed by atoms with Crippen LogP contribution in [-0.2, 0) is 13.5 Å². The Morgan fingerprint density at radius 1 is 1.31 bits per heavy atom. The minimum Gasteiger partial charge on any atom is -0.358 e. The van der Waals surface area contributed by atoms with Crippen molar-refractivity contribution in [2.24, 2.45) is 7.05 Å². The molecular formula is C11H13FN4. The molecule has 0 unspecified atom stereocenters. The van der Waals surface area contributed by atoms with Crippen molar-refractivity contribution in [1.29, 1.82) is 0 Å². The Bertz CT molecular complexity index is 475. The number of aromatic nitrogens is 3. The fourth-order valence-electron chi connectivity index (χ4n) is 1.51. The van der Waals surface area contributed by atoms with Crippen LogP contribution in [0.25, 0.3) is 0 Å². The lowest BCUT2D eigenvalue weighted by Crippen LogP contribution is -1.98. The summed E-state index contributed by atoms with van der Waals surface area (Å²) in [6, 6.07) is 6.37. The highest BCUT2D eigenvalue weighted by atomic mass is 19.1. The first-order chi connectivity index (χ1) is 7.69. The van der Waals surface area contributed by atoms with Crippen LogP contribution < -0.4 is 5.32 Å². The van der Waals surface area contributed by atoms with Gasteiger partial charge in [-0.05, 0) is 17.7 Å². The molecule has 0 saturated carbocycles. The summed E-state index contributed by atoms with van der Waals surface area (Å²) >= 11 is 0. The topological polar surface area (TPSA) is 42.7 Å². The fraction of sp³-hybridized carbons (Fsp3) is 0.273. The molecule has 1 heterocycles. The minimum atomic E-state index is -0.228. The first kappa shape index (κ1) is 10.6. The maximum absolute atomic E-state index is 12.7. The SMILES string of the molecule is CNc1nc(Cc2ccc(F)cc2)nn1C. The lowest BCUT2D eigenvalue weighted by molar-refractivity contribution is 0.627. The highest BCUT2D eigenvalue weighted by Gasteiger charge is 2.06. The van der Waals surface area contributed by atoms with Crippen molar-refractivity contribution in [3.63, 3.8) is 0 Å². The summed E-state index contributed by atoms with van der Waals surface area (Å²) in [6.07, 6.45) is 0.607. The Morgan fingerprint density at radius 2 is 2.00 bits per heavy atom. The molecule has 0 aliphatic carbocycles. The molecule has 0 aliphatic heterocycles. The third-order valence-electron chi connectivity index (χ3n) is 2.31. The predicted molar refractivity (Wildman–Crippen MR) is 59.8 cm³/mol. The van der Waals surface area contributed by atoms with Gasteiger partial charge in [-0.25, -0.2) is 9.07 Å². The highest BCUT2D eigenvalue weighted by molar-refractivity contribution is 5.26. The van der Waals surface area contributed by atoms with Crippen LogP contribution in [0.2, 0.25) is 0 Å². The Hall–Kier alpha value is -1.91. The summed E-state index contributed by atoms with van der Waals surface area (Å²) in [5, 5.41) is 7.19. The standard InChI is InChI=1S/C11H13FN4/c1-13-11-14-10(15-16(11)2)7-8-3-5-9(12)6-4-8/h3-6H,7H2,1-2H3,(H,13,14,15). The lowest BCUT2D eigenvalue weighted by atomic mass is 10.1. The first-order valence-electron chi connectivity index (χ1n) is 5.01. The summed E-state index contributed by atoms with van der Waals surface area (Å²) in [5.41, 5.74) is 0.995. The summed E-state index contributed by atoms with van der Waals surface area (Å²) in [6.45, 7) is 0. The molecule has 0 atom stereocenters. The lowest BCUT2D eigenvalue weighted by Gasteiger charge is -1.96. The van der Waals surface area contributed by atoms with E-state index in [0.29, 0.717) is 6.42 Å².